The van der Waals surface area contributed by atoms with Gasteiger partial charge < -0.3 is 13.9 Å². The van der Waals surface area contributed by atoms with Crippen LogP contribution in [0.1, 0.15) is 0 Å². The number of aromatic nitrogens is 1. The number of rotatable bonds is 7. The first-order chi connectivity index (χ1) is 32.2. The fraction of sp³-hybridized carbons (Fsp3) is 0. The van der Waals surface area contributed by atoms with Gasteiger partial charge in [-0.1, -0.05) is 176 Å². The van der Waals surface area contributed by atoms with Crippen LogP contribution in [0, 0.1) is 0 Å². The van der Waals surface area contributed by atoms with E-state index in [0.717, 1.165) is 66.9 Å². The molecule has 0 saturated carbocycles. The molecule has 2 heterocycles. The van der Waals surface area contributed by atoms with Crippen LogP contribution in [0.3, 0.4) is 0 Å². The van der Waals surface area contributed by atoms with Gasteiger partial charge in [0.05, 0.1) is 16.7 Å². The van der Waals surface area contributed by atoms with Gasteiger partial charge in [-0.15, -0.1) is 0 Å². The fourth-order valence-electron chi connectivity index (χ4n) is 10.1. The minimum atomic E-state index is 0.884. The van der Waals surface area contributed by atoms with Gasteiger partial charge in [0.15, 0.2) is 0 Å². The van der Waals surface area contributed by atoms with Crippen molar-refractivity contribution in [1.82, 2.24) is 4.57 Å². The zero-order valence-corrected chi connectivity index (χ0v) is 35.4. The van der Waals surface area contributed by atoms with Gasteiger partial charge in [-0.3, -0.25) is 0 Å². The van der Waals surface area contributed by atoms with Gasteiger partial charge >= 0.3 is 0 Å². The number of fused-ring (bicyclic) bond motifs is 8. The highest BCUT2D eigenvalue weighted by atomic mass is 16.3. The summed E-state index contributed by atoms with van der Waals surface area (Å²) in [5.74, 6) is 0. The summed E-state index contributed by atoms with van der Waals surface area (Å²) in [5.41, 5.74) is 15.3. The van der Waals surface area contributed by atoms with Crippen LogP contribution >= 0.6 is 0 Å². The van der Waals surface area contributed by atoms with E-state index in [1.807, 2.05) is 0 Å². The van der Waals surface area contributed by atoms with Gasteiger partial charge in [-0.05, 0) is 111 Å². The molecule has 0 radical (unpaired) electrons. The molecular weight excluding hydrogens is 789 g/mol. The molecule has 0 aliphatic carbocycles. The van der Waals surface area contributed by atoms with E-state index >= 15 is 0 Å². The van der Waals surface area contributed by atoms with Crippen molar-refractivity contribution in [1.29, 1.82) is 0 Å². The summed E-state index contributed by atoms with van der Waals surface area (Å²) >= 11 is 0. The first-order valence-corrected chi connectivity index (χ1v) is 22.2. The molecule has 13 aromatic rings. The first-order valence-electron chi connectivity index (χ1n) is 22.2. The van der Waals surface area contributed by atoms with E-state index in [2.05, 4.69) is 252 Å². The number of hydrogen-bond donors (Lipinski definition) is 0. The fourth-order valence-corrected chi connectivity index (χ4v) is 10.1. The van der Waals surface area contributed by atoms with E-state index in [4.69, 9.17) is 4.42 Å². The molecule has 11 aromatic carbocycles. The molecule has 3 heteroatoms. The number of anilines is 3. The molecule has 0 N–H and O–H groups in total. The number of hydrogen-bond acceptors (Lipinski definition) is 2. The third-order valence-corrected chi connectivity index (χ3v) is 13.2. The van der Waals surface area contributed by atoms with Crippen LogP contribution in [0.25, 0.3) is 104 Å². The highest BCUT2D eigenvalue weighted by Crippen LogP contribution is 2.46. The second-order valence-electron chi connectivity index (χ2n) is 16.9. The Morgan fingerprint density at radius 2 is 0.862 bits per heavy atom. The van der Waals surface area contributed by atoms with Gasteiger partial charge in [0, 0.05) is 49.7 Å². The van der Waals surface area contributed by atoms with Gasteiger partial charge in [0.2, 0.25) is 0 Å². The average molecular weight is 829 g/mol. The van der Waals surface area contributed by atoms with Crippen LogP contribution < -0.4 is 4.90 Å². The second kappa shape index (κ2) is 15.0. The molecule has 13 rings (SSSR count). The molecule has 65 heavy (non-hydrogen) atoms. The molecule has 0 aliphatic heterocycles. The van der Waals surface area contributed by atoms with Crippen molar-refractivity contribution in [2.24, 2.45) is 0 Å². The molecule has 0 spiro atoms. The summed E-state index contributed by atoms with van der Waals surface area (Å²) in [6.07, 6.45) is 0. The Morgan fingerprint density at radius 3 is 1.62 bits per heavy atom. The van der Waals surface area contributed by atoms with E-state index in [0.29, 0.717) is 0 Å². The minimum absolute atomic E-state index is 0.884. The van der Waals surface area contributed by atoms with Crippen molar-refractivity contribution in [3.05, 3.63) is 243 Å². The lowest BCUT2D eigenvalue weighted by atomic mass is 9.97. The molecule has 304 valence electrons. The Hall–Kier alpha value is -8.66. The third kappa shape index (κ3) is 6.12. The lowest BCUT2D eigenvalue weighted by molar-refractivity contribution is 0.670. The zero-order chi connectivity index (χ0) is 42.8. The number of furan rings is 1. The molecule has 0 fully saturated rings. The lowest BCUT2D eigenvalue weighted by Crippen LogP contribution is -2.11. The maximum atomic E-state index is 6.82. The van der Waals surface area contributed by atoms with E-state index < -0.39 is 0 Å². The molecule has 0 saturated heterocycles. The zero-order valence-electron chi connectivity index (χ0n) is 35.4. The summed E-state index contributed by atoms with van der Waals surface area (Å²) in [5, 5.41) is 9.59. The van der Waals surface area contributed by atoms with Crippen molar-refractivity contribution in [2.75, 3.05) is 4.90 Å². The van der Waals surface area contributed by atoms with Crippen LogP contribution in [0.4, 0.5) is 17.1 Å². The van der Waals surface area contributed by atoms with E-state index in [-0.39, 0.29) is 0 Å². The van der Waals surface area contributed by atoms with Crippen LogP contribution in [0.5, 0.6) is 0 Å². The van der Waals surface area contributed by atoms with Crippen molar-refractivity contribution >= 4 is 82.4 Å². The molecule has 0 bridgehead atoms. The predicted octanol–water partition coefficient (Wildman–Crippen LogP) is 17.5. The Balaban J connectivity index is 0.948. The van der Waals surface area contributed by atoms with Crippen molar-refractivity contribution < 1.29 is 4.42 Å². The van der Waals surface area contributed by atoms with E-state index in [1.165, 1.54) is 54.5 Å². The molecule has 0 atom stereocenters. The normalized spacial score (nSPS) is 11.7. The summed E-state index contributed by atoms with van der Waals surface area (Å²) in [6, 6.07) is 87.6. The second-order valence-corrected chi connectivity index (χ2v) is 16.9. The molecule has 3 nitrogen and oxygen atoms in total. The van der Waals surface area contributed by atoms with E-state index in [1.54, 1.807) is 0 Å². The quantitative estimate of drug-likeness (QED) is 0.160. The predicted molar refractivity (Wildman–Crippen MR) is 274 cm³/mol. The number of para-hydroxylation sites is 4. The Labute approximate surface area is 376 Å². The molecule has 0 aliphatic rings. The van der Waals surface area contributed by atoms with Gasteiger partial charge in [-0.2, -0.15) is 0 Å². The monoisotopic (exact) mass is 828 g/mol. The minimum Gasteiger partial charge on any atom is -0.455 e. The van der Waals surface area contributed by atoms with Gasteiger partial charge in [0.25, 0.3) is 0 Å². The summed E-state index contributed by atoms with van der Waals surface area (Å²) in [7, 11) is 0. The lowest BCUT2D eigenvalue weighted by Gasteiger charge is -2.28. The number of benzene rings is 11. The van der Waals surface area contributed by atoms with E-state index in [9.17, 15) is 0 Å². The first kappa shape index (κ1) is 36.9. The van der Waals surface area contributed by atoms with Gasteiger partial charge in [-0.25, -0.2) is 0 Å². The smallest absolute Gasteiger partial charge is 0.143 e. The van der Waals surface area contributed by atoms with Crippen molar-refractivity contribution in [3.8, 4) is 39.1 Å². The van der Waals surface area contributed by atoms with Crippen molar-refractivity contribution in [3.63, 3.8) is 0 Å². The molecular formula is C62H40N2O. The largest absolute Gasteiger partial charge is 0.455 e. The van der Waals surface area contributed by atoms with Crippen LogP contribution in [-0.2, 0) is 0 Å². The maximum absolute atomic E-state index is 6.82. The summed E-state index contributed by atoms with van der Waals surface area (Å²) in [4.78, 5) is 2.39. The summed E-state index contributed by atoms with van der Waals surface area (Å²) in [6.45, 7) is 0. The highest BCUT2D eigenvalue weighted by molar-refractivity contribution is 6.14. The summed E-state index contributed by atoms with van der Waals surface area (Å²) < 4.78 is 9.20. The topological polar surface area (TPSA) is 21.3 Å². The maximum Gasteiger partial charge on any atom is 0.143 e. The number of nitrogens with zero attached hydrogens (tertiary/aromatic N) is 2. The Morgan fingerprint density at radius 1 is 0.323 bits per heavy atom. The highest BCUT2D eigenvalue weighted by Gasteiger charge is 2.21. The van der Waals surface area contributed by atoms with Crippen molar-refractivity contribution in [2.45, 2.75) is 0 Å². The SMILES string of the molecule is c1cc(-c2ccc(N(c3ccc(-c4cccc5ccccc45)cc3)c3ccccc3-c3cccc4c3oc3cc5ccccc5cc34)cc2)cc(-n2c3ccccc3c3ccccc32)c1. The standard InChI is InChI=1S/C62H40N2O/c1-2-16-46-40-61-57(39-45(46)15-1)56-26-13-25-55(62(56)65-61)54-23-7-8-27-58(54)63(48-36-32-43(33-37-48)51-24-12-17-42-14-3-4-20-50(42)51)47-34-30-41(31-35-47)44-18-11-19-49(38-44)64-59-28-9-5-21-52(59)53-22-6-10-29-60(53)64/h1-40H. The average Bonchev–Trinajstić information content (AvgIpc) is 3.91. The third-order valence-electron chi connectivity index (χ3n) is 13.2. The Kier molecular flexibility index (Phi) is 8.53. The van der Waals surface area contributed by atoms with Gasteiger partial charge in [0.1, 0.15) is 11.2 Å². The molecule has 2 aromatic heterocycles. The van der Waals surface area contributed by atoms with Crippen LogP contribution in [0.2, 0.25) is 0 Å². The van der Waals surface area contributed by atoms with Crippen LogP contribution in [-0.4, -0.2) is 4.57 Å². The molecule has 0 amide bonds. The van der Waals surface area contributed by atoms with Crippen LogP contribution in [0.15, 0.2) is 247 Å². The molecule has 0 unspecified atom stereocenters. The Bertz CT molecular complexity index is 3890.